The van der Waals surface area contributed by atoms with E-state index in [2.05, 4.69) is 44.1 Å². The minimum atomic E-state index is -2.36. The summed E-state index contributed by atoms with van der Waals surface area (Å²) in [4.78, 5) is 140. The van der Waals surface area contributed by atoms with Gasteiger partial charge in [0, 0.05) is 60.4 Å². The average Bonchev–Trinajstić information content (AvgIpc) is 1.63. The van der Waals surface area contributed by atoms with Crippen LogP contribution in [0.4, 0.5) is 4.79 Å². The number of aliphatic imine (C=N–C) groups is 1. The highest BCUT2D eigenvalue weighted by molar-refractivity contribution is 6.32. The molecule has 8 amide bonds. The number of benzene rings is 7. The zero-order valence-electron chi connectivity index (χ0n) is 72.8. The molecule has 2 aliphatic carbocycles. The molecule has 19 N–H and O–H groups in total. The quantitative estimate of drug-likeness (QED) is 0.0170. The highest BCUT2D eigenvalue weighted by Gasteiger charge is 2.52. The van der Waals surface area contributed by atoms with Gasteiger partial charge in [0.05, 0.1) is 46.8 Å². The van der Waals surface area contributed by atoms with Crippen molar-refractivity contribution >= 4 is 82.8 Å². The molecule has 6 heterocycles. The topological polar surface area (TPSA) is 537 Å². The number of halogens is 2. The lowest BCUT2D eigenvalue weighted by Crippen LogP contribution is -2.60. The van der Waals surface area contributed by atoms with Crippen LogP contribution in [0.25, 0.3) is 22.3 Å². The van der Waals surface area contributed by atoms with Gasteiger partial charge in [-0.25, -0.2) is 9.59 Å². The second kappa shape index (κ2) is 42.2. The lowest BCUT2D eigenvalue weighted by Gasteiger charge is -2.47. The molecule has 0 spiro atoms. The molecule has 0 radical (unpaired) electrons. The summed E-state index contributed by atoms with van der Waals surface area (Å²) in [5, 5.41) is 135. The number of nitrogens with zero attached hydrogens (tertiary/aromatic N) is 2. The number of carboxylic acids is 1. The van der Waals surface area contributed by atoms with Gasteiger partial charge in [-0.3, -0.25) is 38.6 Å². The summed E-state index contributed by atoms with van der Waals surface area (Å²) in [6.07, 6.45) is -8.03. The maximum absolute atomic E-state index is 16.3. The van der Waals surface area contributed by atoms with Crippen molar-refractivity contribution in [3.05, 3.63) is 176 Å². The van der Waals surface area contributed by atoms with Crippen LogP contribution in [0.5, 0.6) is 46.0 Å². The van der Waals surface area contributed by atoms with Crippen LogP contribution in [0.3, 0.4) is 0 Å². The van der Waals surface area contributed by atoms with Crippen molar-refractivity contribution in [2.75, 3.05) is 33.4 Å². The predicted molar refractivity (Wildman–Crippen MR) is 476 cm³/mol. The number of hydrogen-bond donors (Lipinski definition) is 18. The number of hydrogen-bond acceptors (Lipinski definition) is 26. The van der Waals surface area contributed by atoms with Gasteiger partial charge in [0.25, 0.3) is 0 Å². The summed E-state index contributed by atoms with van der Waals surface area (Å²) in [6.45, 7) is 8.51. The first-order valence-corrected chi connectivity index (χ1v) is 44.5. The molecule has 1 saturated heterocycles. The van der Waals surface area contributed by atoms with Crippen LogP contribution in [-0.2, 0) is 52.6 Å². The number of amides is 8. The third-order valence-corrected chi connectivity index (χ3v) is 25.4. The summed E-state index contributed by atoms with van der Waals surface area (Å²) in [6, 6.07) is 15.6. The molecule has 8 aliphatic rings. The molecule has 11 bridgehead atoms. The van der Waals surface area contributed by atoms with Crippen LogP contribution in [0.1, 0.15) is 187 Å². The summed E-state index contributed by atoms with van der Waals surface area (Å²) in [5.74, 6) is -17.2. The number of aliphatic hydroxyl groups is 6. The Hall–Kier alpha value is -11.7. The van der Waals surface area contributed by atoms with Crippen molar-refractivity contribution < 1.29 is 123 Å². The van der Waals surface area contributed by atoms with Crippen LogP contribution in [0.15, 0.2) is 132 Å². The number of likely N-dealkylation sites (N-methyl/N-ethyl adjacent to an activating group) is 1. The zero-order chi connectivity index (χ0) is 94.1. The fraction of sp³-hybridized carbons (Fsp3) is 0.447. The number of primary amides is 1. The number of unbranched alkanes of at least 4 members (excludes halogenated alkanes) is 7. The molecule has 7 aromatic carbocycles. The number of aliphatic hydroxyl groups excluding tert-OH is 6. The molecule has 131 heavy (non-hydrogen) atoms. The van der Waals surface area contributed by atoms with Crippen molar-refractivity contribution in [3.8, 4) is 68.2 Å². The first kappa shape index (κ1) is 96.8. The second-order valence-corrected chi connectivity index (χ2v) is 35.4. The molecule has 0 aromatic heterocycles. The molecule has 700 valence electrons. The maximum Gasteiger partial charge on any atom is 0.410 e. The number of ether oxygens (including phenoxy) is 6. The Morgan fingerprint density at radius 2 is 1.27 bits per heavy atom. The number of carbonyl (C=O) groups is 9. The van der Waals surface area contributed by atoms with E-state index >= 15 is 24.0 Å². The SMILES string of the molecule is CCCCCCCCCCN(CC=N[C@@]1(C)C[C@H](O[C@@H]2[C@@H](O)[C@H](O)[C@@H](CO)C[C@H]2Oc2c3cc4cc2Oc2ccc(cc2Cl)[C@@H](O)[C@@H]2NC(=O)[C@H](NC(=O)[C@@H]4NC(=O)[C@H](CC(N)=O)NC(=O)C(NC(=O)[C@@H](CC(C)C)NC)[C@H](O)c4ccc(c(Cl)c4)O3)c3ccc(O)c(c3)-c3c(O)cc(O)cc3[C@@H](C(=O)O)NC2=O)O[C@@H](C)[C@H]1O)C(=O)OCC1c2ccccc2-c2ccccc21. The zero-order valence-corrected chi connectivity index (χ0v) is 74.3. The van der Waals surface area contributed by atoms with E-state index in [1.165, 1.54) is 31.5 Å². The van der Waals surface area contributed by atoms with Crippen LogP contribution in [0, 0.1) is 11.8 Å². The highest BCUT2D eigenvalue weighted by Crippen LogP contribution is 2.52. The number of phenolic OH excluding ortho intramolecular Hbond substituents is 3. The van der Waals surface area contributed by atoms with Gasteiger partial charge in [-0.1, -0.05) is 156 Å². The fourth-order valence-corrected chi connectivity index (χ4v) is 18.2. The van der Waals surface area contributed by atoms with Crippen molar-refractivity contribution in [2.24, 2.45) is 22.6 Å². The fourth-order valence-electron chi connectivity index (χ4n) is 17.8. The number of nitrogens with two attached hydrogens (primary N) is 1. The monoisotopic (exact) mass is 1850 g/mol. The molecule has 7 aromatic rings. The smallest absolute Gasteiger partial charge is 0.410 e. The van der Waals surface area contributed by atoms with Gasteiger partial charge in [0.2, 0.25) is 47.1 Å². The Labute approximate surface area is 764 Å². The lowest BCUT2D eigenvalue weighted by molar-refractivity contribution is -0.286. The molecule has 6 aliphatic heterocycles. The number of fused-ring (bicyclic) bond motifs is 18. The molecule has 18 atom stereocenters. The Kier molecular flexibility index (Phi) is 31.2. The molecular weight excluding hydrogens is 1740 g/mol. The largest absolute Gasteiger partial charge is 0.508 e. The van der Waals surface area contributed by atoms with E-state index in [4.69, 9.17) is 62.3 Å². The molecule has 1 saturated carbocycles. The highest BCUT2D eigenvalue weighted by atomic mass is 35.5. The van der Waals surface area contributed by atoms with E-state index in [9.17, 15) is 70.2 Å². The molecular formula is C94H110Cl2N10O25. The van der Waals surface area contributed by atoms with Gasteiger partial charge in [-0.2, -0.15) is 0 Å². The summed E-state index contributed by atoms with van der Waals surface area (Å²) >= 11 is 14.5. The second-order valence-electron chi connectivity index (χ2n) is 34.6. The minimum absolute atomic E-state index is 0.0481. The van der Waals surface area contributed by atoms with Gasteiger partial charge in [-0.05, 0) is 145 Å². The third kappa shape index (κ3) is 21.9. The molecule has 37 heteroatoms. The number of nitrogens with one attached hydrogen (secondary N) is 7. The van der Waals surface area contributed by atoms with Gasteiger partial charge in [-0.15, -0.1) is 0 Å². The molecule has 1 unspecified atom stereocenters. The van der Waals surface area contributed by atoms with Crippen molar-refractivity contribution in [1.29, 1.82) is 0 Å². The minimum Gasteiger partial charge on any atom is -0.508 e. The Balaban J connectivity index is 0.928. The third-order valence-electron chi connectivity index (χ3n) is 24.8. The first-order chi connectivity index (χ1) is 62.6. The lowest BCUT2D eigenvalue weighted by atomic mass is 9.80. The van der Waals surface area contributed by atoms with Gasteiger partial charge in [0.1, 0.15) is 102 Å². The first-order valence-electron chi connectivity index (χ1n) is 43.7. The summed E-state index contributed by atoms with van der Waals surface area (Å²) in [5.41, 5.74) is 5.68. The summed E-state index contributed by atoms with van der Waals surface area (Å²) in [7, 11) is 1.48. The van der Waals surface area contributed by atoms with E-state index in [-0.39, 0.29) is 71.0 Å². The van der Waals surface area contributed by atoms with Gasteiger partial charge < -0.3 is 127 Å². The van der Waals surface area contributed by atoms with E-state index in [0.29, 0.717) is 13.0 Å². The molecule has 2 fully saturated rings. The molecule has 15 rings (SSSR count). The average molecular weight is 1850 g/mol. The van der Waals surface area contributed by atoms with Crippen LogP contribution < -0.4 is 57.2 Å². The Morgan fingerprint density at radius 3 is 1.89 bits per heavy atom. The van der Waals surface area contributed by atoms with Crippen molar-refractivity contribution in [1.82, 2.24) is 42.1 Å². The normalized spacial score (nSPS) is 25.7. The number of phenols is 3. The van der Waals surface area contributed by atoms with E-state index in [1.807, 2.05) is 62.4 Å². The number of rotatable bonds is 27. The predicted octanol–water partition coefficient (Wildman–Crippen LogP) is 8.27. The molecule has 35 nitrogen and oxygen atoms in total. The van der Waals surface area contributed by atoms with Gasteiger partial charge in [0.15, 0.2) is 23.8 Å². The van der Waals surface area contributed by atoms with Gasteiger partial charge >= 0.3 is 12.1 Å². The maximum atomic E-state index is 16.3. The summed E-state index contributed by atoms with van der Waals surface area (Å²) < 4.78 is 40.2. The van der Waals surface area contributed by atoms with Crippen molar-refractivity contribution in [2.45, 2.75) is 221 Å². The number of carboxylic acid groups (broad SMARTS) is 1. The Bertz CT molecular complexity index is 5410. The Morgan fingerprint density at radius 1 is 0.672 bits per heavy atom. The number of aromatic hydroxyl groups is 3. The van der Waals surface area contributed by atoms with Crippen LogP contribution in [-0.4, -0.2) is 222 Å². The number of carbonyl (C=O) groups excluding carboxylic acids is 8. The van der Waals surface area contributed by atoms with E-state index in [0.717, 1.165) is 128 Å². The van der Waals surface area contributed by atoms with E-state index in [1.54, 1.807) is 18.7 Å². The van der Waals surface area contributed by atoms with Crippen LogP contribution >= 0.6 is 23.2 Å². The standard InChI is InChI=1S/C94H110Cl2N10O25/c1-7-8-9-10-11-12-13-18-30-106(93(125)126-44-59-55-21-16-14-19-53(55)54-20-15-17-22-56(54)59)31-29-99-94(5)42-72(127-46(4)85(94)116)131-84-70(38-51(43-107)81(114)82(84)115)130-83-68-36-50-37-69(83)129-67-28-25-49(35-61(67)96)80(113)78-91(122)103-76(92(123)124)58-39-52(108)40-65(110)73(58)57-33-47(23-26-64(57)109)74(88(119)105-78)102-89(120)75(50)101-87(118)63(41-71(97)111)100-90(121)77(104-86(117)62(98-6)32-45(2)3)79(112)48-24-27-66(128-68)60(95)34-48/h14-17,19-29,33-37,39-40,45-46,51,59,62-63,70,72,74-82,84-85,98,107-110,112-116H,7-13,18,30-32,38,41-44H2,1-6H3,(H2,97,111)(H,100,121)(H,101,118)(H,102,120)(H,103,122)(H,104,117)(H,105,119)(H,123,124)/t46-,51+,62+,63-,70+,72-,74+,75+,76-,77?,78-,79+,80+,81+,82-,84-,85+,94-/m0/s1. The van der Waals surface area contributed by atoms with E-state index < -0.39 is 244 Å². The van der Waals surface area contributed by atoms with Crippen LogP contribution in [0.2, 0.25) is 10.0 Å². The number of aliphatic carboxylic acids is 1. The van der Waals surface area contributed by atoms with Crippen molar-refractivity contribution in [3.63, 3.8) is 0 Å².